The van der Waals surface area contributed by atoms with Gasteiger partial charge in [-0.15, -0.1) is 18.2 Å². The number of carbonyl (C=O) groups is 2. The van der Waals surface area contributed by atoms with Crippen molar-refractivity contribution in [2.45, 2.75) is 59.0 Å². The molecule has 0 unspecified atom stereocenters. The molecule has 0 radical (unpaired) electrons. The average Bonchev–Trinajstić information content (AvgIpc) is 2.05. The number of ether oxygens (including phenoxy) is 2. The SMILES string of the molecule is CC(C)(C)OC(=O)NC(=NC(F)(F)F)NC(=O)OC(C)(C)C. The van der Waals surface area contributed by atoms with Gasteiger partial charge in [-0.3, -0.25) is 10.6 Å². The van der Waals surface area contributed by atoms with Crippen LogP contribution in [0.5, 0.6) is 0 Å². The minimum Gasteiger partial charge on any atom is -0.444 e. The monoisotopic (exact) mass is 327 g/mol. The number of nitrogens with zero attached hydrogens (tertiary/aromatic N) is 1. The third-order valence-corrected chi connectivity index (χ3v) is 1.48. The van der Waals surface area contributed by atoms with E-state index in [9.17, 15) is 22.8 Å². The molecule has 0 atom stereocenters. The normalized spacial score (nSPS) is 12.2. The Bertz CT molecular complexity index is 416. The summed E-state index contributed by atoms with van der Waals surface area (Å²) in [7, 11) is 0. The minimum atomic E-state index is -5.00. The predicted molar refractivity (Wildman–Crippen MR) is 72.2 cm³/mol. The summed E-state index contributed by atoms with van der Waals surface area (Å²) in [5, 5.41) is 3.41. The first-order chi connectivity index (χ1) is 9.57. The molecule has 0 aliphatic rings. The Morgan fingerprint density at radius 2 is 1.14 bits per heavy atom. The van der Waals surface area contributed by atoms with Crippen LogP contribution in [0.15, 0.2) is 4.99 Å². The number of nitrogens with one attached hydrogen (secondary N) is 2. The molecule has 2 amide bonds. The Kier molecular flexibility index (Phi) is 6.22. The van der Waals surface area contributed by atoms with Gasteiger partial charge in [0, 0.05) is 0 Å². The molecule has 0 aliphatic heterocycles. The van der Waals surface area contributed by atoms with E-state index < -0.39 is 35.6 Å². The molecule has 0 aromatic heterocycles. The lowest BCUT2D eigenvalue weighted by molar-refractivity contribution is -0.119. The highest BCUT2D eigenvalue weighted by Gasteiger charge is 2.30. The number of alkyl halides is 3. The molecule has 0 aromatic carbocycles. The third kappa shape index (κ3) is 11.8. The van der Waals surface area contributed by atoms with Gasteiger partial charge in [-0.05, 0) is 41.5 Å². The van der Waals surface area contributed by atoms with E-state index in [4.69, 9.17) is 9.47 Å². The van der Waals surface area contributed by atoms with Crippen LogP contribution in [0.25, 0.3) is 0 Å². The number of amides is 2. The number of carbonyl (C=O) groups excluding carboxylic acids is 2. The van der Waals surface area contributed by atoms with Crippen molar-refractivity contribution in [1.29, 1.82) is 0 Å². The zero-order valence-electron chi connectivity index (χ0n) is 13.2. The van der Waals surface area contributed by atoms with Gasteiger partial charge in [0.15, 0.2) is 0 Å². The summed E-state index contributed by atoms with van der Waals surface area (Å²) in [5.74, 6) is -1.14. The Hall–Kier alpha value is -2.00. The molecule has 0 heterocycles. The Morgan fingerprint density at radius 3 is 1.36 bits per heavy atom. The van der Waals surface area contributed by atoms with Gasteiger partial charge in [0.2, 0.25) is 5.96 Å². The van der Waals surface area contributed by atoms with E-state index in [0.717, 1.165) is 0 Å². The smallest absolute Gasteiger partial charge is 0.444 e. The van der Waals surface area contributed by atoms with Crippen LogP contribution in [0.1, 0.15) is 41.5 Å². The van der Waals surface area contributed by atoms with Crippen LogP contribution in [-0.4, -0.2) is 35.6 Å². The molecule has 0 rings (SSSR count). The maximum absolute atomic E-state index is 12.3. The van der Waals surface area contributed by atoms with Crippen molar-refractivity contribution >= 4 is 18.1 Å². The lowest BCUT2D eigenvalue weighted by Gasteiger charge is -2.22. The molecule has 0 saturated heterocycles. The molecule has 0 fully saturated rings. The zero-order valence-corrected chi connectivity index (χ0v) is 13.2. The van der Waals surface area contributed by atoms with Crippen LogP contribution >= 0.6 is 0 Å². The minimum absolute atomic E-state index is 0.931. The molecule has 2 N–H and O–H groups in total. The van der Waals surface area contributed by atoms with Gasteiger partial charge in [-0.2, -0.15) is 0 Å². The number of guanidine groups is 1. The summed E-state index contributed by atoms with van der Waals surface area (Å²) in [6.45, 7) is 9.13. The first-order valence-electron chi connectivity index (χ1n) is 6.24. The maximum Gasteiger partial charge on any atom is 0.506 e. The van der Waals surface area contributed by atoms with E-state index in [1.165, 1.54) is 41.5 Å². The van der Waals surface area contributed by atoms with Crippen molar-refractivity contribution in [2.75, 3.05) is 0 Å². The molecule has 10 heteroatoms. The van der Waals surface area contributed by atoms with Crippen molar-refractivity contribution in [3.8, 4) is 0 Å². The Balaban J connectivity index is 4.98. The van der Waals surface area contributed by atoms with Gasteiger partial charge in [-0.25, -0.2) is 9.59 Å². The van der Waals surface area contributed by atoms with Gasteiger partial charge < -0.3 is 9.47 Å². The molecule has 22 heavy (non-hydrogen) atoms. The summed E-state index contributed by atoms with van der Waals surface area (Å²) in [4.78, 5) is 25.1. The molecule has 0 bridgehead atoms. The van der Waals surface area contributed by atoms with Gasteiger partial charge in [0.25, 0.3) is 0 Å². The standard InChI is InChI=1S/C12H20F3N3O4/c1-10(2,3)21-8(19)16-7(18-12(13,14)15)17-9(20)22-11(4,5)6/h1-6H3,(H2,16,17,18,19,20). The van der Waals surface area contributed by atoms with E-state index in [1.54, 1.807) is 10.6 Å². The van der Waals surface area contributed by atoms with Gasteiger partial charge in [0.05, 0.1) is 0 Å². The molecule has 0 spiro atoms. The molecular formula is C12H20F3N3O4. The van der Waals surface area contributed by atoms with Gasteiger partial charge in [0.1, 0.15) is 11.2 Å². The highest BCUT2D eigenvalue weighted by Crippen LogP contribution is 2.16. The van der Waals surface area contributed by atoms with Gasteiger partial charge >= 0.3 is 18.5 Å². The van der Waals surface area contributed by atoms with Crippen molar-refractivity contribution in [3.05, 3.63) is 0 Å². The largest absolute Gasteiger partial charge is 0.506 e. The Morgan fingerprint density at radius 1 is 0.818 bits per heavy atom. The second-order valence-corrected chi connectivity index (χ2v) is 6.18. The van der Waals surface area contributed by atoms with Gasteiger partial charge in [-0.1, -0.05) is 0 Å². The first-order valence-corrected chi connectivity index (χ1v) is 6.24. The van der Waals surface area contributed by atoms with E-state index in [2.05, 4.69) is 4.99 Å². The quantitative estimate of drug-likeness (QED) is 0.407. The molecular weight excluding hydrogens is 307 g/mol. The molecule has 128 valence electrons. The van der Waals surface area contributed by atoms with Crippen LogP contribution in [0.3, 0.4) is 0 Å². The number of hydrogen-bond acceptors (Lipinski definition) is 5. The summed E-state index contributed by atoms with van der Waals surface area (Å²) in [5.41, 5.74) is -1.86. The summed E-state index contributed by atoms with van der Waals surface area (Å²) in [6.07, 6.45) is -7.41. The second kappa shape index (κ2) is 6.84. The summed E-state index contributed by atoms with van der Waals surface area (Å²) >= 11 is 0. The molecule has 7 nitrogen and oxygen atoms in total. The summed E-state index contributed by atoms with van der Waals surface area (Å²) in [6, 6.07) is 0. The average molecular weight is 327 g/mol. The van der Waals surface area contributed by atoms with Crippen molar-refractivity contribution < 1.29 is 32.2 Å². The summed E-state index contributed by atoms with van der Waals surface area (Å²) < 4.78 is 46.5. The number of aliphatic imine (C=N–C) groups is 1. The van der Waals surface area contributed by atoms with Crippen molar-refractivity contribution in [2.24, 2.45) is 4.99 Å². The molecule has 0 aliphatic carbocycles. The van der Waals surface area contributed by atoms with Crippen molar-refractivity contribution in [1.82, 2.24) is 10.6 Å². The van der Waals surface area contributed by atoms with E-state index in [1.807, 2.05) is 0 Å². The highest BCUT2D eigenvalue weighted by molar-refractivity contribution is 6.01. The van der Waals surface area contributed by atoms with Crippen LogP contribution in [-0.2, 0) is 9.47 Å². The number of rotatable bonds is 0. The molecule has 0 aromatic rings. The van der Waals surface area contributed by atoms with Crippen LogP contribution in [0, 0.1) is 0 Å². The van der Waals surface area contributed by atoms with Crippen molar-refractivity contribution in [3.63, 3.8) is 0 Å². The van der Waals surface area contributed by atoms with Crippen LogP contribution in [0.4, 0.5) is 22.8 Å². The first kappa shape index (κ1) is 20.0. The number of hydrogen-bond donors (Lipinski definition) is 2. The predicted octanol–water partition coefficient (Wildman–Crippen LogP) is 2.91. The second-order valence-electron chi connectivity index (χ2n) is 6.18. The number of alkyl carbamates (subject to hydrolysis) is 2. The fraction of sp³-hybridized carbons (Fsp3) is 0.750. The lowest BCUT2D eigenvalue weighted by Crippen LogP contribution is -2.47. The van der Waals surface area contributed by atoms with E-state index >= 15 is 0 Å². The molecule has 0 saturated carbocycles. The highest BCUT2D eigenvalue weighted by atomic mass is 19.4. The fourth-order valence-corrected chi connectivity index (χ4v) is 1.01. The fourth-order valence-electron chi connectivity index (χ4n) is 1.01. The topological polar surface area (TPSA) is 89.0 Å². The van der Waals surface area contributed by atoms with E-state index in [0.29, 0.717) is 0 Å². The lowest BCUT2D eigenvalue weighted by atomic mass is 10.2. The number of halogens is 3. The maximum atomic E-state index is 12.3. The third-order valence-electron chi connectivity index (χ3n) is 1.48. The Labute approximate surface area is 126 Å². The van der Waals surface area contributed by atoms with Crippen LogP contribution < -0.4 is 10.6 Å². The zero-order chi connectivity index (χ0) is 17.8. The van der Waals surface area contributed by atoms with E-state index in [-0.39, 0.29) is 0 Å². The van der Waals surface area contributed by atoms with Crippen LogP contribution in [0.2, 0.25) is 0 Å².